The predicted octanol–water partition coefficient (Wildman–Crippen LogP) is 12.5. The van der Waals surface area contributed by atoms with E-state index in [1.54, 1.807) is 5.82 Å². The molecule has 42 heavy (non-hydrogen) atoms. The van der Waals surface area contributed by atoms with Crippen LogP contribution in [-0.4, -0.2) is 4.57 Å². The van der Waals surface area contributed by atoms with Crippen molar-refractivity contribution in [3.8, 4) is 0 Å². The number of rotatable bonds is 30. The zero-order valence-electron chi connectivity index (χ0n) is 28.4. The zero-order valence-corrected chi connectivity index (χ0v) is 28.4. The van der Waals surface area contributed by atoms with Gasteiger partial charge in [-0.05, 0) is 24.8 Å². The van der Waals surface area contributed by atoms with E-state index in [-0.39, 0.29) is 0 Å². The fourth-order valence-electron chi connectivity index (χ4n) is 6.51. The number of hydrogen-bond acceptors (Lipinski definition) is 0. The Morgan fingerprint density at radius 2 is 0.881 bits per heavy atom. The molecule has 0 bridgehead atoms. The Balaban J connectivity index is 1.60. The Labute approximate surface area is 263 Å². The first-order valence-electron chi connectivity index (χ1n) is 19.0. The molecule has 0 unspecified atom stereocenters. The van der Waals surface area contributed by atoms with Gasteiger partial charge in [0.2, 0.25) is 0 Å². The Bertz CT molecular complexity index is 823. The topological polar surface area (TPSA) is 8.81 Å². The van der Waals surface area contributed by atoms with Crippen LogP contribution in [-0.2, 0) is 19.5 Å². The molecule has 1 aromatic heterocycles. The molecule has 0 atom stereocenters. The van der Waals surface area contributed by atoms with Crippen LogP contribution in [0.15, 0.2) is 42.7 Å². The van der Waals surface area contributed by atoms with Crippen molar-refractivity contribution < 1.29 is 4.57 Å². The van der Waals surface area contributed by atoms with Gasteiger partial charge in [0.25, 0.3) is 5.82 Å². The van der Waals surface area contributed by atoms with Gasteiger partial charge in [0.15, 0.2) is 0 Å². The summed E-state index contributed by atoms with van der Waals surface area (Å²) in [6.07, 6.45) is 43.0. The summed E-state index contributed by atoms with van der Waals surface area (Å²) < 4.78 is 5.11. The van der Waals surface area contributed by atoms with Crippen LogP contribution in [0.25, 0.3) is 0 Å². The minimum atomic E-state index is 1.00. The molecule has 0 aliphatic carbocycles. The number of benzene rings is 1. The van der Waals surface area contributed by atoms with E-state index in [1.807, 2.05) is 0 Å². The third-order valence-corrected chi connectivity index (χ3v) is 9.29. The first-order chi connectivity index (χ1) is 20.8. The highest BCUT2D eigenvalue weighted by Gasteiger charge is 2.17. The molecule has 1 heterocycles. The molecule has 0 fully saturated rings. The van der Waals surface area contributed by atoms with Crippen molar-refractivity contribution in [3.05, 3.63) is 54.1 Å². The number of nitrogens with zero attached hydrogens (tertiary/aromatic N) is 2. The molecule has 0 saturated heterocycles. The summed E-state index contributed by atoms with van der Waals surface area (Å²) in [7, 11) is 0. The maximum Gasteiger partial charge on any atom is 0.256 e. The van der Waals surface area contributed by atoms with Gasteiger partial charge in [0.05, 0.1) is 6.54 Å². The standard InChI is InChI=1S/C40H71N2/c1-3-5-7-9-11-13-15-17-18-20-22-24-26-31-35-41-36-37-42(38-39-32-28-27-29-33-39)40(41)34-30-25-23-21-19-16-14-12-10-8-6-4-2/h27-29,32-33,36-37H,3-26,30-31,34-35,38H2,1-2H3/q+1. The van der Waals surface area contributed by atoms with Crippen molar-refractivity contribution in [2.24, 2.45) is 0 Å². The maximum atomic E-state index is 2.59. The van der Waals surface area contributed by atoms with Crippen LogP contribution >= 0.6 is 0 Å². The average molecular weight is 580 g/mol. The Hall–Kier alpha value is -1.57. The zero-order chi connectivity index (χ0) is 29.8. The van der Waals surface area contributed by atoms with Crippen LogP contribution in [0.1, 0.15) is 192 Å². The lowest BCUT2D eigenvalue weighted by atomic mass is 10.0. The van der Waals surface area contributed by atoms with E-state index in [4.69, 9.17) is 0 Å². The van der Waals surface area contributed by atoms with Crippen LogP contribution in [0.2, 0.25) is 0 Å². The normalized spacial score (nSPS) is 11.5. The lowest BCUT2D eigenvalue weighted by Crippen LogP contribution is -2.37. The molecule has 0 N–H and O–H groups in total. The van der Waals surface area contributed by atoms with E-state index < -0.39 is 0 Å². The number of unbranched alkanes of at least 4 members (excludes halogenated alkanes) is 24. The third kappa shape index (κ3) is 18.9. The van der Waals surface area contributed by atoms with Crippen molar-refractivity contribution in [1.82, 2.24) is 4.57 Å². The molecule has 2 nitrogen and oxygen atoms in total. The third-order valence-electron chi connectivity index (χ3n) is 9.29. The van der Waals surface area contributed by atoms with Gasteiger partial charge < -0.3 is 0 Å². The van der Waals surface area contributed by atoms with E-state index in [1.165, 1.54) is 185 Å². The van der Waals surface area contributed by atoms with Gasteiger partial charge in [-0.25, -0.2) is 9.13 Å². The SMILES string of the molecule is CCCCCCCCCCCCCCCCn1cc[n+](Cc2ccccc2)c1CCCCCCCCCCCCCC. The van der Waals surface area contributed by atoms with E-state index in [0.29, 0.717) is 0 Å². The summed E-state index contributed by atoms with van der Waals surface area (Å²) >= 11 is 0. The van der Waals surface area contributed by atoms with Crippen molar-refractivity contribution >= 4 is 0 Å². The molecule has 0 radical (unpaired) electrons. The Kier molecular flexibility index (Phi) is 23.6. The number of hydrogen-bond donors (Lipinski definition) is 0. The van der Waals surface area contributed by atoms with Gasteiger partial charge in [-0.1, -0.05) is 192 Å². The molecular formula is C40H71N2+. The number of imidazole rings is 1. The van der Waals surface area contributed by atoms with Crippen molar-refractivity contribution in [3.63, 3.8) is 0 Å². The summed E-state index contributed by atoms with van der Waals surface area (Å²) in [5, 5.41) is 0. The van der Waals surface area contributed by atoms with Crippen molar-refractivity contribution in [2.45, 2.75) is 200 Å². The van der Waals surface area contributed by atoms with E-state index in [9.17, 15) is 0 Å². The van der Waals surface area contributed by atoms with Crippen LogP contribution in [0.3, 0.4) is 0 Å². The Morgan fingerprint density at radius 3 is 1.33 bits per heavy atom. The summed E-state index contributed by atoms with van der Waals surface area (Å²) in [6.45, 7) is 6.80. The quantitative estimate of drug-likeness (QED) is 0.0643. The minimum absolute atomic E-state index is 1.00. The molecule has 0 spiro atoms. The highest BCUT2D eigenvalue weighted by Crippen LogP contribution is 2.15. The lowest BCUT2D eigenvalue weighted by molar-refractivity contribution is -0.695. The van der Waals surface area contributed by atoms with E-state index in [0.717, 1.165) is 6.54 Å². The molecule has 2 aromatic rings. The van der Waals surface area contributed by atoms with Gasteiger partial charge >= 0.3 is 0 Å². The first-order valence-corrected chi connectivity index (χ1v) is 19.0. The largest absolute Gasteiger partial charge is 0.256 e. The van der Waals surface area contributed by atoms with E-state index >= 15 is 0 Å². The smallest absolute Gasteiger partial charge is 0.234 e. The second-order valence-corrected chi connectivity index (χ2v) is 13.3. The summed E-state index contributed by atoms with van der Waals surface area (Å²) in [4.78, 5) is 0. The van der Waals surface area contributed by atoms with Crippen LogP contribution in [0.5, 0.6) is 0 Å². The highest BCUT2D eigenvalue weighted by atomic mass is 15.1. The van der Waals surface area contributed by atoms with Crippen molar-refractivity contribution in [2.75, 3.05) is 0 Å². The van der Waals surface area contributed by atoms with Gasteiger partial charge in [-0.3, -0.25) is 0 Å². The van der Waals surface area contributed by atoms with Crippen LogP contribution in [0.4, 0.5) is 0 Å². The second kappa shape index (κ2) is 27.0. The van der Waals surface area contributed by atoms with Gasteiger partial charge in [0, 0.05) is 6.42 Å². The molecule has 0 saturated carbocycles. The summed E-state index contributed by atoms with van der Waals surface area (Å²) in [5.74, 6) is 1.54. The molecule has 240 valence electrons. The van der Waals surface area contributed by atoms with Crippen molar-refractivity contribution in [1.29, 1.82) is 0 Å². The highest BCUT2D eigenvalue weighted by molar-refractivity contribution is 5.13. The molecule has 2 rings (SSSR count). The van der Waals surface area contributed by atoms with E-state index in [2.05, 4.69) is 65.7 Å². The minimum Gasteiger partial charge on any atom is -0.234 e. The summed E-state index contributed by atoms with van der Waals surface area (Å²) in [5.41, 5.74) is 1.41. The second-order valence-electron chi connectivity index (χ2n) is 13.3. The summed E-state index contributed by atoms with van der Waals surface area (Å²) in [6, 6.07) is 11.0. The monoisotopic (exact) mass is 580 g/mol. The molecule has 0 amide bonds. The van der Waals surface area contributed by atoms with Gasteiger partial charge in [0.1, 0.15) is 18.9 Å². The lowest BCUT2D eigenvalue weighted by Gasteiger charge is -2.07. The molecular weight excluding hydrogens is 508 g/mol. The fraction of sp³-hybridized carbons (Fsp3) is 0.775. The van der Waals surface area contributed by atoms with Gasteiger partial charge in [-0.2, -0.15) is 0 Å². The predicted molar refractivity (Wildman–Crippen MR) is 185 cm³/mol. The molecule has 2 heteroatoms. The average Bonchev–Trinajstić information content (AvgIpc) is 3.39. The number of aromatic nitrogens is 2. The Morgan fingerprint density at radius 1 is 0.476 bits per heavy atom. The fourth-order valence-corrected chi connectivity index (χ4v) is 6.51. The first kappa shape index (κ1) is 36.6. The van der Waals surface area contributed by atoms with Crippen LogP contribution in [0, 0.1) is 0 Å². The molecule has 1 aromatic carbocycles. The van der Waals surface area contributed by atoms with Crippen LogP contribution < -0.4 is 4.57 Å². The van der Waals surface area contributed by atoms with Gasteiger partial charge in [-0.15, -0.1) is 0 Å². The maximum absolute atomic E-state index is 2.59. The molecule has 0 aliphatic heterocycles. The molecule has 0 aliphatic rings. The number of aryl methyl sites for hydroxylation is 1.